The van der Waals surface area contributed by atoms with Gasteiger partial charge in [0.25, 0.3) is 0 Å². The summed E-state index contributed by atoms with van der Waals surface area (Å²) in [5, 5.41) is 25.9. The molecule has 0 aliphatic heterocycles. The zero-order valence-corrected chi connectivity index (χ0v) is 18.0. The fraction of sp³-hybridized carbons (Fsp3) is 0.706. The third-order valence-corrected chi connectivity index (χ3v) is 4.35. The molecule has 0 aliphatic rings. The summed E-state index contributed by atoms with van der Waals surface area (Å²) in [5.41, 5.74) is 10.5. The number of carbonyl (C=O) groups is 5. The first kappa shape index (κ1) is 27.6. The topological polar surface area (TPSA) is 214 Å². The van der Waals surface area contributed by atoms with E-state index in [0.717, 1.165) is 0 Å². The lowest BCUT2D eigenvalue weighted by molar-refractivity contribution is -0.144. The molecular weight excluding hydrogens is 418 g/mol. The number of carbonyl (C=O) groups excluding carboxylic acids is 4. The molecule has 9 N–H and O–H groups in total. The van der Waals surface area contributed by atoms with Gasteiger partial charge in [0.1, 0.15) is 18.1 Å². The Morgan fingerprint density at radius 1 is 0.933 bits per heavy atom. The first-order valence-electron chi connectivity index (χ1n) is 9.26. The summed E-state index contributed by atoms with van der Waals surface area (Å²) in [5.74, 6) is -4.91. The van der Waals surface area contributed by atoms with Gasteiger partial charge < -0.3 is 37.6 Å². The SMILES string of the molecule is CC(C)CC(NC(=O)C(NC(=O)C(N)CS)C(C)O)C(=O)NC(CC(N)=O)C(=O)O. The van der Waals surface area contributed by atoms with Gasteiger partial charge in [0.05, 0.1) is 18.6 Å². The van der Waals surface area contributed by atoms with Gasteiger partial charge in [-0.1, -0.05) is 13.8 Å². The molecule has 12 nitrogen and oxygen atoms in total. The average molecular weight is 450 g/mol. The minimum atomic E-state index is -1.57. The van der Waals surface area contributed by atoms with Gasteiger partial charge in [0.15, 0.2) is 0 Å². The van der Waals surface area contributed by atoms with Gasteiger partial charge >= 0.3 is 5.97 Å². The number of hydrogen-bond acceptors (Lipinski definition) is 8. The van der Waals surface area contributed by atoms with Crippen molar-refractivity contribution in [2.24, 2.45) is 17.4 Å². The van der Waals surface area contributed by atoms with Crippen LogP contribution in [0.1, 0.15) is 33.6 Å². The van der Waals surface area contributed by atoms with Crippen molar-refractivity contribution in [3.63, 3.8) is 0 Å². The van der Waals surface area contributed by atoms with Gasteiger partial charge in [-0.25, -0.2) is 4.79 Å². The second-order valence-electron chi connectivity index (χ2n) is 7.28. The van der Waals surface area contributed by atoms with Crippen molar-refractivity contribution >= 4 is 42.2 Å². The molecule has 0 aromatic carbocycles. The maximum absolute atomic E-state index is 12.6. The number of aliphatic carboxylic acids is 1. The summed E-state index contributed by atoms with van der Waals surface area (Å²) in [4.78, 5) is 59.4. The Bertz CT molecular complexity index is 644. The molecule has 0 heterocycles. The molecule has 0 aromatic heterocycles. The Morgan fingerprint density at radius 2 is 1.47 bits per heavy atom. The van der Waals surface area contributed by atoms with E-state index < -0.39 is 66.3 Å². The van der Waals surface area contributed by atoms with Crippen LogP contribution in [0.4, 0.5) is 0 Å². The third kappa shape index (κ3) is 9.89. The van der Waals surface area contributed by atoms with Crippen LogP contribution in [0.3, 0.4) is 0 Å². The van der Waals surface area contributed by atoms with Gasteiger partial charge in [-0.05, 0) is 19.3 Å². The number of hydrogen-bond donors (Lipinski definition) is 8. The summed E-state index contributed by atoms with van der Waals surface area (Å²) < 4.78 is 0. The van der Waals surface area contributed by atoms with Crippen LogP contribution in [0.25, 0.3) is 0 Å². The fourth-order valence-electron chi connectivity index (χ4n) is 2.39. The molecular formula is C17H31N5O7S. The molecule has 30 heavy (non-hydrogen) atoms. The molecule has 0 saturated carbocycles. The minimum Gasteiger partial charge on any atom is -0.480 e. The standard InChI is InChI=1S/C17H31N5O7S/c1-7(2)4-10(15(26)21-11(17(28)29)5-12(19)24)20-16(27)13(8(3)23)22-14(25)9(18)6-30/h7-11,13,23,30H,4-6,18H2,1-3H3,(H2,19,24)(H,20,27)(H,21,26)(H,22,25)(H,28,29). The smallest absolute Gasteiger partial charge is 0.326 e. The maximum atomic E-state index is 12.6. The number of carboxylic acids is 1. The molecule has 0 aromatic rings. The van der Waals surface area contributed by atoms with Crippen LogP contribution in [0.5, 0.6) is 0 Å². The Hall–Kier alpha value is -2.38. The van der Waals surface area contributed by atoms with E-state index in [4.69, 9.17) is 16.6 Å². The third-order valence-electron chi connectivity index (χ3n) is 3.96. The number of carboxylic acid groups (broad SMARTS) is 1. The number of nitrogens with one attached hydrogen (secondary N) is 3. The summed E-state index contributed by atoms with van der Waals surface area (Å²) in [6.07, 6.45) is -1.82. The Labute approximate surface area is 179 Å². The van der Waals surface area contributed by atoms with E-state index in [-0.39, 0.29) is 18.1 Å². The van der Waals surface area contributed by atoms with E-state index in [9.17, 15) is 29.1 Å². The zero-order chi connectivity index (χ0) is 23.6. The molecule has 0 aliphatic carbocycles. The Balaban J connectivity index is 5.43. The number of rotatable bonds is 13. The molecule has 5 unspecified atom stereocenters. The van der Waals surface area contributed by atoms with Crippen LogP contribution in [0.2, 0.25) is 0 Å². The zero-order valence-electron chi connectivity index (χ0n) is 17.1. The van der Waals surface area contributed by atoms with Gasteiger partial charge in [-0.3, -0.25) is 19.2 Å². The number of amides is 4. The molecule has 4 amide bonds. The lowest BCUT2D eigenvalue weighted by Crippen LogP contribution is -2.60. The Kier molecular flexibility index (Phi) is 12.0. The van der Waals surface area contributed by atoms with Crippen molar-refractivity contribution in [3.05, 3.63) is 0 Å². The number of primary amides is 1. The van der Waals surface area contributed by atoms with Crippen molar-refractivity contribution < 1.29 is 34.2 Å². The van der Waals surface area contributed by atoms with Gasteiger partial charge in [0.2, 0.25) is 23.6 Å². The molecule has 0 fully saturated rings. The molecule has 172 valence electrons. The van der Waals surface area contributed by atoms with Crippen molar-refractivity contribution in [1.82, 2.24) is 16.0 Å². The molecule has 0 rings (SSSR count). The van der Waals surface area contributed by atoms with Crippen molar-refractivity contribution in [1.29, 1.82) is 0 Å². The van der Waals surface area contributed by atoms with Gasteiger partial charge in [-0.2, -0.15) is 12.6 Å². The molecule has 0 bridgehead atoms. The van der Waals surface area contributed by atoms with E-state index in [1.807, 2.05) is 0 Å². The summed E-state index contributed by atoms with van der Waals surface area (Å²) in [6, 6.07) is -5.18. The van der Waals surface area contributed by atoms with Crippen molar-refractivity contribution in [3.8, 4) is 0 Å². The second-order valence-corrected chi connectivity index (χ2v) is 7.64. The van der Waals surface area contributed by atoms with E-state index in [1.54, 1.807) is 13.8 Å². The van der Waals surface area contributed by atoms with E-state index >= 15 is 0 Å². The predicted molar refractivity (Wildman–Crippen MR) is 110 cm³/mol. The molecule has 0 radical (unpaired) electrons. The fourth-order valence-corrected chi connectivity index (χ4v) is 2.55. The highest BCUT2D eigenvalue weighted by molar-refractivity contribution is 7.80. The first-order chi connectivity index (χ1) is 13.8. The van der Waals surface area contributed by atoms with Crippen LogP contribution < -0.4 is 27.4 Å². The average Bonchev–Trinajstić information content (AvgIpc) is 2.62. The highest BCUT2D eigenvalue weighted by Crippen LogP contribution is 2.07. The highest BCUT2D eigenvalue weighted by Gasteiger charge is 2.32. The van der Waals surface area contributed by atoms with Crippen molar-refractivity contribution in [2.75, 3.05) is 5.75 Å². The summed E-state index contributed by atoms with van der Waals surface area (Å²) in [7, 11) is 0. The van der Waals surface area contributed by atoms with E-state index in [2.05, 4.69) is 28.6 Å². The monoisotopic (exact) mass is 449 g/mol. The number of aliphatic hydroxyl groups is 1. The summed E-state index contributed by atoms with van der Waals surface area (Å²) in [6.45, 7) is 4.80. The van der Waals surface area contributed by atoms with Crippen LogP contribution in [-0.4, -0.2) is 75.8 Å². The molecule has 5 atom stereocenters. The van der Waals surface area contributed by atoms with E-state index in [1.165, 1.54) is 6.92 Å². The lowest BCUT2D eigenvalue weighted by atomic mass is 10.0. The second kappa shape index (κ2) is 13.0. The normalized spacial score (nSPS) is 16.0. The van der Waals surface area contributed by atoms with Gasteiger partial charge in [-0.15, -0.1) is 0 Å². The Morgan fingerprint density at radius 3 is 1.87 bits per heavy atom. The first-order valence-corrected chi connectivity index (χ1v) is 9.90. The number of thiol groups is 1. The minimum absolute atomic E-state index is 0.00873. The van der Waals surface area contributed by atoms with Crippen LogP contribution in [-0.2, 0) is 24.0 Å². The lowest BCUT2D eigenvalue weighted by Gasteiger charge is -2.27. The van der Waals surface area contributed by atoms with E-state index in [0.29, 0.717) is 0 Å². The van der Waals surface area contributed by atoms with Crippen molar-refractivity contribution in [2.45, 2.75) is 63.9 Å². The highest BCUT2D eigenvalue weighted by atomic mass is 32.1. The molecule has 13 heteroatoms. The largest absolute Gasteiger partial charge is 0.480 e. The van der Waals surface area contributed by atoms with Gasteiger partial charge in [0, 0.05) is 5.75 Å². The van der Waals surface area contributed by atoms with Crippen LogP contribution in [0.15, 0.2) is 0 Å². The maximum Gasteiger partial charge on any atom is 0.326 e. The quantitative estimate of drug-likeness (QED) is 0.136. The van der Waals surface area contributed by atoms with Crippen LogP contribution >= 0.6 is 12.6 Å². The summed E-state index contributed by atoms with van der Waals surface area (Å²) >= 11 is 3.89. The van der Waals surface area contributed by atoms with Crippen LogP contribution in [0, 0.1) is 5.92 Å². The predicted octanol–water partition coefficient (Wildman–Crippen LogP) is -2.92. The number of aliphatic hydroxyl groups excluding tert-OH is 1. The molecule has 0 spiro atoms. The number of nitrogens with two attached hydrogens (primary N) is 2. The molecule has 0 saturated heterocycles.